The zero-order chi connectivity index (χ0) is 24.2. The molecule has 1 aliphatic rings. The van der Waals surface area contributed by atoms with Crippen molar-refractivity contribution in [3.8, 4) is 22.8 Å². The van der Waals surface area contributed by atoms with Gasteiger partial charge in [-0.3, -0.25) is 0 Å². The van der Waals surface area contributed by atoms with E-state index in [1.807, 2.05) is 29.8 Å². The summed E-state index contributed by atoms with van der Waals surface area (Å²) in [5.74, 6) is -1.64. The summed E-state index contributed by atoms with van der Waals surface area (Å²) in [6.45, 7) is 0.577. The van der Waals surface area contributed by atoms with E-state index in [0.717, 1.165) is 29.0 Å². The van der Waals surface area contributed by atoms with Gasteiger partial charge in [-0.25, -0.2) is 14.6 Å². The Balaban J connectivity index is 0.000000454. The Morgan fingerprint density at radius 2 is 1.70 bits per heavy atom. The second-order valence-corrected chi connectivity index (χ2v) is 6.75. The van der Waals surface area contributed by atoms with Crippen LogP contribution in [0.4, 0.5) is 19.1 Å². The molecule has 3 aromatic rings. The first-order chi connectivity index (χ1) is 15.6. The topological polar surface area (TPSA) is 123 Å². The number of halogens is 3. The van der Waals surface area contributed by atoms with Crippen LogP contribution >= 0.6 is 0 Å². The van der Waals surface area contributed by atoms with Crippen molar-refractivity contribution in [3.63, 3.8) is 0 Å². The molecule has 0 amide bonds. The molecule has 0 saturated carbocycles. The van der Waals surface area contributed by atoms with E-state index in [-0.39, 0.29) is 6.79 Å². The number of ether oxygens (including phenoxy) is 2. The normalized spacial score (nSPS) is 12.0. The largest absolute Gasteiger partial charge is 0.473 e. The Bertz CT molecular complexity index is 1150. The number of rotatable bonds is 4. The van der Waals surface area contributed by atoms with Gasteiger partial charge in [-0.15, -0.1) is 0 Å². The first-order valence-corrected chi connectivity index (χ1v) is 9.34. The summed E-state index contributed by atoms with van der Waals surface area (Å²) >= 11 is 0. The first-order valence-electron chi connectivity index (χ1n) is 9.34. The Kier molecular flexibility index (Phi) is 6.75. The fourth-order valence-electron chi connectivity index (χ4n) is 2.89. The maximum Gasteiger partial charge on any atom is 0.416 e. The van der Waals surface area contributed by atoms with Gasteiger partial charge in [0.1, 0.15) is 0 Å². The van der Waals surface area contributed by atoms with Crippen LogP contribution in [0, 0.1) is 0 Å². The Hall–Kier alpha value is -4.22. The van der Waals surface area contributed by atoms with E-state index < -0.39 is 23.7 Å². The molecule has 0 spiro atoms. The molecule has 0 unspecified atom stereocenters. The summed E-state index contributed by atoms with van der Waals surface area (Å²) < 4.78 is 50.5. The zero-order valence-electron chi connectivity index (χ0n) is 17.1. The summed E-state index contributed by atoms with van der Waals surface area (Å²) in [5, 5.41) is 17.9. The molecule has 2 heterocycles. The van der Waals surface area contributed by atoms with Crippen LogP contribution in [0.1, 0.15) is 11.1 Å². The van der Waals surface area contributed by atoms with Gasteiger partial charge in [0.15, 0.2) is 11.5 Å². The lowest BCUT2D eigenvalue weighted by Crippen LogP contribution is -2.09. The van der Waals surface area contributed by atoms with Crippen LogP contribution in [0.5, 0.6) is 11.5 Å². The third-order valence-corrected chi connectivity index (χ3v) is 4.57. The number of aromatic nitrogens is 2. The molecule has 12 heteroatoms. The third-order valence-electron chi connectivity index (χ3n) is 4.57. The fraction of sp³-hybridized carbons (Fsp3) is 0.190. The zero-order valence-corrected chi connectivity index (χ0v) is 17.1. The number of fused-ring (bicyclic) bond motifs is 1. The van der Waals surface area contributed by atoms with Gasteiger partial charge in [0, 0.05) is 19.2 Å². The van der Waals surface area contributed by atoms with Crippen molar-refractivity contribution in [1.82, 2.24) is 9.55 Å². The van der Waals surface area contributed by atoms with Crippen LogP contribution in [-0.4, -0.2) is 38.5 Å². The Labute approximate surface area is 185 Å². The SMILES string of the molecule is Cn1c(-c2ccc3c(c2)OCO3)cnc1NCc1ccc(C(F)(F)F)cc1.O=C(O)C(=O)O. The highest BCUT2D eigenvalue weighted by Gasteiger charge is 2.29. The monoisotopic (exact) mass is 465 g/mol. The molecule has 2 aromatic carbocycles. The van der Waals surface area contributed by atoms with E-state index in [1.165, 1.54) is 12.1 Å². The highest BCUT2D eigenvalue weighted by atomic mass is 19.4. The van der Waals surface area contributed by atoms with Crippen LogP contribution in [0.15, 0.2) is 48.7 Å². The molecule has 33 heavy (non-hydrogen) atoms. The van der Waals surface area contributed by atoms with Crippen molar-refractivity contribution in [1.29, 1.82) is 0 Å². The molecule has 1 aromatic heterocycles. The molecule has 1 aliphatic heterocycles. The molecule has 0 saturated heterocycles. The molecule has 0 bridgehead atoms. The number of carbonyl (C=O) groups is 2. The van der Waals surface area contributed by atoms with Gasteiger partial charge in [0.2, 0.25) is 12.7 Å². The van der Waals surface area contributed by atoms with Crippen molar-refractivity contribution < 1.29 is 42.4 Å². The number of anilines is 1. The van der Waals surface area contributed by atoms with Crippen molar-refractivity contribution in [2.24, 2.45) is 7.05 Å². The van der Waals surface area contributed by atoms with E-state index in [1.54, 1.807) is 6.20 Å². The van der Waals surface area contributed by atoms with Crippen molar-refractivity contribution >= 4 is 17.9 Å². The molecule has 0 aliphatic carbocycles. The van der Waals surface area contributed by atoms with Gasteiger partial charge >= 0.3 is 18.1 Å². The number of nitrogens with zero attached hydrogens (tertiary/aromatic N) is 2. The molecular weight excluding hydrogens is 447 g/mol. The number of aliphatic carboxylic acids is 2. The van der Waals surface area contributed by atoms with Gasteiger partial charge in [-0.1, -0.05) is 12.1 Å². The maximum absolute atomic E-state index is 12.6. The summed E-state index contributed by atoms with van der Waals surface area (Å²) in [6.07, 6.45) is -2.60. The predicted molar refractivity (Wildman–Crippen MR) is 109 cm³/mol. The van der Waals surface area contributed by atoms with E-state index in [9.17, 15) is 13.2 Å². The lowest BCUT2D eigenvalue weighted by atomic mass is 10.1. The Morgan fingerprint density at radius 3 is 2.30 bits per heavy atom. The molecule has 0 radical (unpaired) electrons. The van der Waals surface area contributed by atoms with Crippen LogP contribution in [-0.2, 0) is 29.4 Å². The van der Waals surface area contributed by atoms with Gasteiger partial charge in [0.05, 0.1) is 17.5 Å². The molecule has 0 atom stereocenters. The van der Waals surface area contributed by atoms with Crippen LogP contribution in [0.3, 0.4) is 0 Å². The summed E-state index contributed by atoms with van der Waals surface area (Å²) in [4.78, 5) is 22.6. The minimum Gasteiger partial charge on any atom is -0.473 e. The molecular formula is C21H18F3N3O6. The lowest BCUT2D eigenvalue weighted by molar-refractivity contribution is -0.159. The van der Waals surface area contributed by atoms with Crippen molar-refractivity contribution in [2.75, 3.05) is 12.1 Å². The van der Waals surface area contributed by atoms with Crippen molar-refractivity contribution in [3.05, 3.63) is 59.8 Å². The molecule has 0 fully saturated rings. The Morgan fingerprint density at radius 1 is 1.06 bits per heavy atom. The minimum atomic E-state index is -4.33. The molecule has 174 valence electrons. The van der Waals surface area contributed by atoms with Crippen molar-refractivity contribution in [2.45, 2.75) is 12.7 Å². The standard InChI is InChI=1S/C19H16F3N3O2.C2H2O4/c1-25-15(13-4-7-16-17(8-13)27-11-26-16)10-24-18(25)23-9-12-2-5-14(6-3-12)19(20,21)22;3-1(4)2(5)6/h2-8,10H,9,11H2,1H3,(H,23,24);(H,3,4)(H,5,6). The van der Waals surface area contributed by atoms with Crippen LogP contribution < -0.4 is 14.8 Å². The van der Waals surface area contributed by atoms with Gasteiger partial charge < -0.3 is 29.6 Å². The average molecular weight is 465 g/mol. The average Bonchev–Trinajstić information content (AvgIpc) is 3.38. The van der Waals surface area contributed by atoms with Crippen LogP contribution in [0.25, 0.3) is 11.3 Å². The van der Waals surface area contributed by atoms with Crippen LogP contribution in [0.2, 0.25) is 0 Å². The quantitative estimate of drug-likeness (QED) is 0.500. The summed E-state index contributed by atoms with van der Waals surface area (Å²) in [7, 11) is 1.86. The van der Waals surface area contributed by atoms with E-state index >= 15 is 0 Å². The number of carboxylic acid groups (broad SMARTS) is 2. The highest BCUT2D eigenvalue weighted by Crippen LogP contribution is 2.36. The highest BCUT2D eigenvalue weighted by molar-refractivity contribution is 6.27. The second kappa shape index (κ2) is 9.51. The van der Waals surface area contributed by atoms with E-state index in [4.69, 9.17) is 29.3 Å². The second-order valence-electron chi connectivity index (χ2n) is 6.75. The van der Waals surface area contributed by atoms with Gasteiger partial charge in [-0.2, -0.15) is 13.2 Å². The number of hydrogen-bond acceptors (Lipinski definition) is 6. The van der Waals surface area contributed by atoms with E-state index in [0.29, 0.717) is 24.0 Å². The summed E-state index contributed by atoms with van der Waals surface area (Å²) in [6, 6.07) is 10.7. The van der Waals surface area contributed by atoms with Gasteiger partial charge in [-0.05, 0) is 35.9 Å². The number of alkyl halides is 3. The fourth-order valence-corrected chi connectivity index (χ4v) is 2.89. The molecule has 3 N–H and O–H groups in total. The number of nitrogens with one attached hydrogen (secondary N) is 1. The molecule has 4 rings (SSSR count). The number of carboxylic acids is 2. The first kappa shape index (κ1) is 23.4. The van der Waals surface area contributed by atoms with Gasteiger partial charge in [0.25, 0.3) is 0 Å². The smallest absolute Gasteiger partial charge is 0.416 e. The third kappa shape index (κ3) is 5.73. The number of imidazole rings is 1. The van der Waals surface area contributed by atoms with E-state index in [2.05, 4.69) is 10.3 Å². The molecule has 9 nitrogen and oxygen atoms in total. The minimum absolute atomic E-state index is 0.212. The maximum atomic E-state index is 12.6. The number of benzene rings is 2. The summed E-state index contributed by atoms with van der Waals surface area (Å²) in [5.41, 5.74) is 1.88. The number of hydrogen-bond donors (Lipinski definition) is 3. The lowest BCUT2D eigenvalue weighted by Gasteiger charge is -2.10. The predicted octanol–water partition coefficient (Wildman–Crippen LogP) is 3.60.